The second-order valence-corrected chi connectivity index (χ2v) is 6.05. The lowest BCUT2D eigenvalue weighted by molar-refractivity contribution is 0.273. The third-order valence-corrected chi connectivity index (χ3v) is 4.62. The van der Waals surface area contributed by atoms with Crippen LogP contribution in [0.4, 0.5) is 0 Å². The standard InChI is InChI=1S/C19H23N/c1-3-16-8-10-17(11-9-16)12-19(13-20-14-19)18-7-5-4-6-15(18)2/h4-11,20H,3,12-14H2,1-2H3. The zero-order valence-corrected chi connectivity index (χ0v) is 12.4. The van der Waals surface area contributed by atoms with E-state index in [9.17, 15) is 0 Å². The molecular weight excluding hydrogens is 242 g/mol. The summed E-state index contributed by atoms with van der Waals surface area (Å²) in [5, 5.41) is 3.47. The maximum Gasteiger partial charge on any atom is 0.0245 e. The summed E-state index contributed by atoms with van der Waals surface area (Å²) in [5.41, 5.74) is 6.09. The monoisotopic (exact) mass is 265 g/mol. The average molecular weight is 265 g/mol. The predicted octanol–water partition coefficient (Wildman–Crippen LogP) is 3.64. The maximum atomic E-state index is 3.47. The van der Waals surface area contributed by atoms with Crippen LogP contribution >= 0.6 is 0 Å². The van der Waals surface area contributed by atoms with Gasteiger partial charge in [0.05, 0.1) is 0 Å². The minimum Gasteiger partial charge on any atom is -0.315 e. The van der Waals surface area contributed by atoms with E-state index in [0.717, 1.165) is 25.9 Å². The van der Waals surface area contributed by atoms with E-state index in [1.54, 1.807) is 0 Å². The Hall–Kier alpha value is -1.60. The highest BCUT2D eigenvalue weighted by molar-refractivity contribution is 5.39. The summed E-state index contributed by atoms with van der Waals surface area (Å²) in [6.07, 6.45) is 2.25. The fraction of sp³-hybridized carbons (Fsp3) is 0.368. The van der Waals surface area contributed by atoms with E-state index in [2.05, 4.69) is 67.7 Å². The quantitative estimate of drug-likeness (QED) is 0.890. The molecule has 20 heavy (non-hydrogen) atoms. The minimum absolute atomic E-state index is 0.291. The number of hydrogen-bond donors (Lipinski definition) is 1. The number of benzene rings is 2. The van der Waals surface area contributed by atoms with E-state index in [1.165, 1.54) is 22.3 Å². The molecule has 1 saturated heterocycles. The van der Waals surface area contributed by atoms with Crippen LogP contribution in [-0.2, 0) is 18.3 Å². The molecule has 0 amide bonds. The highest BCUT2D eigenvalue weighted by Gasteiger charge is 2.39. The predicted molar refractivity (Wildman–Crippen MR) is 85.3 cm³/mol. The third-order valence-electron chi connectivity index (χ3n) is 4.62. The molecule has 0 aromatic heterocycles. The first-order valence-corrected chi connectivity index (χ1v) is 7.58. The molecule has 0 spiro atoms. The first kappa shape index (κ1) is 13.4. The molecular formula is C19H23N. The number of aryl methyl sites for hydroxylation is 2. The second kappa shape index (κ2) is 5.41. The van der Waals surface area contributed by atoms with Gasteiger partial charge in [-0.25, -0.2) is 0 Å². The average Bonchev–Trinajstić information content (AvgIpc) is 2.44. The van der Waals surface area contributed by atoms with Crippen molar-refractivity contribution >= 4 is 0 Å². The van der Waals surface area contributed by atoms with Crippen molar-refractivity contribution in [1.29, 1.82) is 0 Å². The van der Waals surface area contributed by atoms with Crippen LogP contribution in [0.15, 0.2) is 48.5 Å². The Morgan fingerprint density at radius 1 is 0.950 bits per heavy atom. The maximum absolute atomic E-state index is 3.47. The Balaban J connectivity index is 1.88. The van der Waals surface area contributed by atoms with Gasteiger partial charge in [0.15, 0.2) is 0 Å². The van der Waals surface area contributed by atoms with Gasteiger partial charge in [-0.3, -0.25) is 0 Å². The first-order valence-electron chi connectivity index (χ1n) is 7.58. The lowest BCUT2D eigenvalue weighted by Crippen LogP contribution is -2.58. The molecule has 1 heterocycles. The molecule has 104 valence electrons. The van der Waals surface area contributed by atoms with Crippen molar-refractivity contribution in [1.82, 2.24) is 5.32 Å². The Kier molecular flexibility index (Phi) is 3.62. The van der Waals surface area contributed by atoms with Crippen molar-refractivity contribution in [2.24, 2.45) is 0 Å². The lowest BCUT2D eigenvalue weighted by atomic mass is 9.69. The zero-order chi connectivity index (χ0) is 14.0. The SMILES string of the molecule is CCc1ccc(CC2(c3ccccc3C)CNC2)cc1. The van der Waals surface area contributed by atoms with Gasteiger partial charge in [-0.15, -0.1) is 0 Å². The number of nitrogens with one attached hydrogen (secondary N) is 1. The van der Waals surface area contributed by atoms with Gasteiger partial charge in [-0.2, -0.15) is 0 Å². The summed E-state index contributed by atoms with van der Waals surface area (Å²) >= 11 is 0. The van der Waals surface area contributed by atoms with Crippen molar-refractivity contribution in [3.63, 3.8) is 0 Å². The molecule has 0 aliphatic carbocycles. The van der Waals surface area contributed by atoms with Crippen molar-refractivity contribution in [3.8, 4) is 0 Å². The minimum atomic E-state index is 0.291. The molecule has 0 radical (unpaired) electrons. The van der Waals surface area contributed by atoms with E-state index in [1.807, 2.05) is 0 Å². The number of hydrogen-bond acceptors (Lipinski definition) is 1. The van der Waals surface area contributed by atoms with E-state index < -0.39 is 0 Å². The summed E-state index contributed by atoms with van der Waals surface area (Å²) < 4.78 is 0. The molecule has 1 fully saturated rings. The Morgan fingerprint density at radius 2 is 1.60 bits per heavy atom. The molecule has 1 aliphatic rings. The van der Waals surface area contributed by atoms with Gasteiger partial charge in [0.1, 0.15) is 0 Å². The lowest BCUT2D eigenvalue weighted by Gasteiger charge is -2.44. The number of rotatable bonds is 4. The van der Waals surface area contributed by atoms with Gasteiger partial charge < -0.3 is 5.32 Å². The Labute approximate surface area is 122 Å². The second-order valence-electron chi connectivity index (χ2n) is 6.05. The van der Waals surface area contributed by atoms with Crippen LogP contribution in [0, 0.1) is 6.92 Å². The first-order chi connectivity index (χ1) is 9.73. The van der Waals surface area contributed by atoms with Gasteiger partial charge in [0, 0.05) is 18.5 Å². The summed E-state index contributed by atoms with van der Waals surface area (Å²) in [6, 6.07) is 18.0. The van der Waals surface area contributed by atoms with Gasteiger partial charge in [-0.1, -0.05) is 55.5 Å². The van der Waals surface area contributed by atoms with Crippen molar-refractivity contribution in [3.05, 3.63) is 70.8 Å². The van der Waals surface area contributed by atoms with Crippen LogP contribution in [0.5, 0.6) is 0 Å². The molecule has 0 unspecified atom stereocenters. The summed E-state index contributed by atoms with van der Waals surface area (Å²) in [4.78, 5) is 0. The molecule has 0 atom stereocenters. The molecule has 1 heteroatoms. The van der Waals surface area contributed by atoms with Gasteiger partial charge in [0.25, 0.3) is 0 Å². The zero-order valence-electron chi connectivity index (χ0n) is 12.4. The van der Waals surface area contributed by atoms with Crippen LogP contribution in [0.1, 0.15) is 29.2 Å². The van der Waals surface area contributed by atoms with E-state index in [4.69, 9.17) is 0 Å². The van der Waals surface area contributed by atoms with Crippen molar-refractivity contribution in [2.75, 3.05) is 13.1 Å². The van der Waals surface area contributed by atoms with Crippen LogP contribution in [0.2, 0.25) is 0 Å². The summed E-state index contributed by atoms with van der Waals surface area (Å²) in [6.45, 7) is 6.62. The van der Waals surface area contributed by atoms with Crippen LogP contribution in [-0.4, -0.2) is 13.1 Å². The highest BCUT2D eigenvalue weighted by Crippen LogP contribution is 2.34. The molecule has 1 nitrogen and oxygen atoms in total. The topological polar surface area (TPSA) is 12.0 Å². The van der Waals surface area contributed by atoms with Gasteiger partial charge in [-0.05, 0) is 42.0 Å². The van der Waals surface area contributed by atoms with Gasteiger partial charge >= 0.3 is 0 Å². The van der Waals surface area contributed by atoms with Crippen LogP contribution in [0.3, 0.4) is 0 Å². The van der Waals surface area contributed by atoms with Crippen molar-refractivity contribution in [2.45, 2.75) is 32.1 Å². The Morgan fingerprint density at radius 3 is 2.15 bits per heavy atom. The molecule has 0 saturated carbocycles. The highest BCUT2D eigenvalue weighted by atomic mass is 15.0. The molecule has 1 N–H and O–H groups in total. The largest absolute Gasteiger partial charge is 0.315 e. The molecule has 3 rings (SSSR count). The molecule has 1 aliphatic heterocycles. The van der Waals surface area contributed by atoms with E-state index >= 15 is 0 Å². The molecule has 2 aromatic carbocycles. The van der Waals surface area contributed by atoms with Crippen LogP contribution < -0.4 is 5.32 Å². The fourth-order valence-electron chi connectivity index (χ4n) is 3.29. The summed E-state index contributed by atoms with van der Waals surface area (Å²) in [7, 11) is 0. The Bertz CT molecular complexity index is 579. The van der Waals surface area contributed by atoms with E-state index in [-0.39, 0.29) is 0 Å². The molecule has 0 bridgehead atoms. The van der Waals surface area contributed by atoms with Crippen molar-refractivity contribution < 1.29 is 0 Å². The molecule has 2 aromatic rings. The van der Waals surface area contributed by atoms with E-state index in [0.29, 0.717) is 5.41 Å². The fourth-order valence-corrected chi connectivity index (χ4v) is 3.29. The van der Waals surface area contributed by atoms with Crippen LogP contribution in [0.25, 0.3) is 0 Å². The smallest absolute Gasteiger partial charge is 0.0245 e. The third kappa shape index (κ3) is 2.38. The summed E-state index contributed by atoms with van der Waals surface area (Å²) in [5.74, 6) is 0. The van der Waals surface area contributed by atoms with Gasteiger partial charge in [0.2, 0.25) is 0 Å². The normalized spacial score (nSPS) is 16.7.